The van der Waals surface area contributed by atoms with Crippen LogP contribution in [0.2, 0.25) is 0 Å². The minimum Gasteiger partial charge on any atom is -0.493 e. The van der Waals surface area contributed by atoms with Gasteiger partial charge in [-0.25, -0.2) is 10.4 Å². The maximum atomic E-state index is 13.0. The van der Waals surface area contributed by atoms with Crippen molar-refractivity contribution in [2.24, 2.45) is 5.10 Å². The van der Waals surface area contributed by atoms with Crippen LogP contribution in [0.15, 0.2) is 29.5 Å². The molecule has 0 bridgehead atoms. The average Bonchev–Trinajstić information content (AvgIpc) is 3.35. The predicted octanol–water partition coefficient (Wildman–Crippen LogP) is 3.44. The Kier molecular flexibility index (Phi) is 6.43. The van der Waals surface area contributed by atoms with Gasteiger partial charge in [-0.15, -0.1) is 0 Å². The van der Waals surface area contributed by atoms with Crippen LogP contribution < -0.4 is 24.7 Å². The molecule has 1 N–H and O–H groups in total. The van der Waals surface area contributed by atoms with Crippen LogP contribution in [0.25, 0.3) is 0 Å². The quantitative estimate of drug-likeness (QED) is 0.523. The topological polar surface area (TPSA) is 92.2 Å². The zero-order chi connectivity index (χ0) is 22.7. The van der Waals surface area contributed by atoms with Gasteiger partial charge in [-0.3, -0.25) is 4.79 Å². The molecule has 1 aromatic carbocycles. The van der Waals surface area contributed by atoms with Gasteiger partial charge in [0.15, 0.2) is 17.3 Å². The molecule has 1 aromatic heterocycles. The fraction of sp³-hybridized carbons (Fsp3) is 0.478. The van der Waals surface area contributed by atoms with Crippen molar-refractivity contribution in [3.63, 3.8) is 0 Å². The lowest BCUT2D eigenvalue weighted by Crippen LogP contribution is -2.55. The van der Waals surface area contributed by atoms with Gasteiger partial charge in [-0.1, -0.05) is 19.8 Å². The van der Waals surface area contributed by atoms with Gasteiger partial charge in [0.25, 0.3) is 0 Å². The molecule has 1 unspecified atom stereocenters. The highest BCUT2D eigenvalue weighted by atomic mass is 16.5. The van der Waals surface area contributed by atoms with E-state index in [9.17, 15) is 4.79 Å². The van der Waals surface area contributed by atoms with Crippen LogP contribution in [0.5, 0.6) is 11.5 Å². The number of methoxy groups -OCH3 is 2. The van der Waals surface area contributed by atoms with Crippen molar-refractivity contribution in [3.8, 4) is 11.5 Å². The van der Waals surface area contributed by atoms with Crippen LogP contribution >= 0.6 is 0 Å². The van der Waals surface area contributed by atoms with Gasteiger partial charge in [-0.05, 0) is 43.0 Å². The molecule has 170 valence electrons. The number of rotatable bonds is 7. The Bertz CT molecular complexity index is 1010. The number of nitrogens with one attached hydrogen (secondary N) is 1. The Hall–Kier alpha value is -3.36. The molecular weight excluding hydrogens is 408 g/mol. The molecule has 1 saturated carbocycles. The lowest BCUT2D eigenvalue weighted by molar-refractivity contribution is -0.120. The van der Waals surface area contributed by atoms with Crippen LogP contribution in [0.1, 0.15) is 44.6 Å². The Labute approximate surface area is 188 Å². The highest BCUT2D eigenvalue weighted by Gasteiger charge is 2.41. The summed E-state index contributed by atoms with van der Waals surface area (Å²) in [6, 6.07) is 5.68. The maximum absolute atomic E-state index is 13.0. The molecule has 32 heavy (non-hydrogen) atoms. The third kappa shape index (κ3) is 4.06. The van der Waals surface area contributed by atoms with Crippen molar-refractivity contribution in [2.45, 2.75) is 51.1 Å². The van der Waals surface area contributed by atoms with Crippen molar-refractivity contribution < 1.29 is 14.3 Å². The van der Waals surface area contributed by atoms with E-state index in [4.69, 9.17) is 14.5 Å². The number of hydrogen-bond donors (Lipinski definition) is 1. The maximum Gasteiger partial charge on any atom is 0.249 e. The van der Waals surface area contributed by atoms with E-state index in [-0.39, 0.29) is 11.9 Å². The summed E-state index contributed by atoms with van der Waals surface area (Å²) >= 11 is 0. The van der Waals surface area contributed by atoms with Gasteiger partial charge >= 0.3 is 0 Å². The molecule has 2 heterocycles. The van der Waals surface area contributed by atoms with E-state index < -0.39 is 0 Å². The molecule has 1 atom stereocenters. The third-order valence-corrected chi connectivity index (χ3v) is 6.20. The van der Waals surface area contributed by atoms with E-state index in [1.807, 2.05) is 18.2 Å². The number of nitrogens with zero attached hydrogens (tertiary/aromatic N) is 5. The van der Waals surface area contributed by atoms with Crippen LogP contribution in [0, 0.1) is 0 Å². The first kappa shape index (κ1) is 21.9. The summed E-state index contributed by atoms with van der Waals surface area (Å²) < 4.78 is 10.6. The summed E-state index contributed by atoms with van der Waals surface area (Å²) in [6.45, 7) is 2.05. The standard InChI is InChI=1S/C23H30N6O3/c1-5-17-22(30)28(2)18-14-24-23(26-21(18)29(17)16-8-6-7-9-16)27-25-13-15-10-11-19(31-3)20(12-15)32-4/h10-14,16-17H,5-9H2,1-4H3,(H,24,26,27)/b25-13+. The largest absolute Gasteiger partial charge is 0.493 e. The molecule has 9 nitrogen and oxygen atoms in total. The fourth-order valence-electron chi connectivity index (χ4n) is 4.53. The first-order valence-corrected chi connectivity index (χ1v) is 11.0. The van der Waals surface area contributed by atoms with Crippen molar-refractivity contribution in [2.75, 3.05) is 36.5 Å². The second-order valence-corrected chi connectivity index (χ2v) is 8.05. The summed E-state index contributed by atoms with van der Waals surface area (Å²) in [5.41, 5.74) is 4.51. The molecule has 2 aliphatic rings. The van der Waals surface area contributed by atoms with Gasteiger partial charge in [0, 0.05) is 13.1 Å². The number of amides is 1. The molecule has 4 rings (SSSR count). The molecule has 1 fully saturated rings. The Morgan fingerprint density at radius 1 is 1.22 bits per heavy atom. The third-order valence-electron chi connectivity index (χ3n) is 6.20. The number of fused-ring (bicyclic) bond motifs is 1. The minimum absolute atomic E-state index is 0.0997. The number of ether oxygens (including phenoxy) is 2. The summed E-state index contributed by atoms with van der Waals surface area (Å²) in [5.74, 6) is 2.58. The molecule has 9 heteroatoms. The Balaban J connectivity index is 1.59. The van der Waals surface area contributed by atoms with Gasteiger partial charge in [-0.2, -0.15) is 10.1 Å². The number of carbonyl (C=O) groups excluding carboxylic acids is 1. The molecule has 1 aliphatic carbocycles. The average molecular weight is 439 g/mol. The Morgan fingerprint density at radius 2 is 1.97 bits per heavy atom. The van der Waals surface area contributed by atoms with Gasteiger partial charge < -0.3 is 19.3 Å². The molecule has 0 spiro atoms. The summed E-state index contributed by atoms with van der Waals surface area (Å²) in [6.07, 6.45) is 8.63. The molecule has 0 saturated heterocycles. The molecule has 2 aromatic rings. The van der Waals surface area contributed by atoms with Crippen molar-refractivity contribution in [1.82, 2.24) is 9.97 Å². The number of likely N-dealkylation sites (N-methyl/N-ethyl adjacent to an activating group) is 1. The van der Waals surface area contributed by atoms with E-state index in [1.54, 1.807) is 38.6 Å². The number of hydrogen-bond acceptors (Lipinski definition) is 8. The van der Waals surface area contributed by atoms with E-state index in [2.05, 4.69) is 27.3 Å². The summed E-state index contributed by atoms with van der Waals surface area (Å²) in [4.78, 5) is 26.0. The van der Waals surface area contributed by atoms with E-state index in [1.165, 1.54) is 12.8 Å². The van der Waals surface area contributed by atoms with Crippen molar-refractivity contribution >= 4 is 29.6 Å². The van der Waals surface area contributed by atoms with E-state index >= 15 is 0 Å². The zero-order valence-electron chi connectivity index (χ0n) is 19.0. The number of hydrazone groups is 1. The number of benzene rings is 1. The SMILES string of the molecule is CCC1C(=O)N(C)c2cnc(N/N=C/c3ccc(OC)c(OC)c3)nc2N1C1CCCC1. The first-order valence-electron chi connectivity index (χ1n) is 11.0. The first-order chi connectivity index (χ1) is 15.6. The van der Waals surface area contributed by atoms with Gasteiger partial charge in [0.2, 0.25) is 11.9 Å². The van der Waals surface area contributed by atoms with Gasteiger partial charge in [0.05, 0.1) is 26.6 Å². The van der Waals surface area contributed by atoms with Crippen LogP contribution in [-0.2, 0) is 4.79 Å². The second kappa shape index (κ2) is 9.42. The molecule has 0 radical (unpaired) electrons. The van der Waals surface area contributed by atoms with Crippen LogP contribution in [0.3, 0.4) is 0 Å². The van der Waals surface area contributed by atoms with Crippen molar-refractivity contribution in [3.05, 3.63) is 30.0 Å². The fourth-order valence-corrected chi connectivity index (χ4v) is 4.53. The van der Waals surface area contributed by atoms with Crippen LogP contribution in [0.4, 0.5) is 17.5 Å². The molecule has 1 aliphatic heterocycles. The van der Waals surface area contributed by atoms with E-state index in [0.717, 1.165) is 36.3 Å². The minimum atomic E-state index is -0.200. The zero-order valence-corrected chi connectivity index (χ0v) is 19.0. The lowest BCUT2D eigenvalue weighted by Gasteiger charge is -2.43. The highest BCUT2D eigenvalue weighted by molar-refractivity contribution is 6.04. The van der Waals surface area contributed by atoms with Crippen molar-refractivity contribution in [1.29, 1.82) is 0 Å². The van der Waals surface area contributed by atoms with E-state index in [0.29, 0.717) is 23.5 Å². The predicted molar refractivity (Wildman–Crippen MR) is 125 cm³/mol. The number of aromatic nitrogens is 2. The number of carbonyl (C=O) groups is 1. The van der Waals surface area contributed by atoms with Crippen LogP contribution in [-0.4, -0.2) is 55.4 Å². The normalized spacial score (nSPS) is 18.9. The lowest BCUT2D eigenvalue weighted by atomic mass is 10.0. The highest BCUT2D eigenvalue weighted by Crippen LogP contribution is 2.39. The Morgan fingerprint density at radius 3 is 2.66 bits per heavy atom. The van der Waals surface area contributed by atoms with Gasteiger partial charge in [0.1, 0.15) is 11.7 Å². The molecule has 1 amide bonds. The number of anilines is 3. The summed E-state index contributed by atoms with van der Waals surface area (Å²) in [7, 11) is 4.99. The smallest absolute Gasteiger partial charge is 0.249 e. The monoisotopic (exact) mass is 438 g/mol. The second-order valence-electron chi connectivity index (χ2n) is 8.05. The summed E-state index contributed by atoms with van der Waals surface area (Å²) in [5, 5.41) is 4.29. The molecular formula is C23H30N6O3.